The summed E-state index contributed by atoms with van der Waals surface area (Å²) in [5, 5.41) is 12.4. The Morgan fingerprint density at radius 3 is 2.14 bits per heavy atom. The van der Waals surface area contributed by atoms with Crippen molar-refractivity contribution in [2.45, 2.75) is 70.2 Å². The van der Waals surface area contributed by atoms with E-state index in [1.165, 1.54) is 5.56 Å². The third-order valence-corrected chi connectivity index (χ3v) is 11.2. The topological polar surface area (TPSA) is 94.6 Å². The molecule has 3 fully saturated rings. The quantitative estimate of drug-likeness (QED) is 0.177. The lowest BCUT2D eigenvalue weighted by Crippen LogP contribution is -2.51. The molecule has 4 aromatic carbocycles. The number of nitrogens with one attached hydrogen (secondary N) is 1. The summed E-state index contributed by atoms with van der Waals surface area (Å²) in [6.07, 6.45) is -5.40. The standard InChI is InChI=1S/C44H49F3N4O5/c1-30-39(28-50-23-21-49(22-24-50)27-31-7-3-2-4-8-31)55-42(56-40(30)35-14-12-32(29-52)13-15-35)36-18-16-34(17-19-36)37-10-5-9-33(25-37)26-48-41(53)38-11-6-20-51(38)43(54)44(45,46)47/h2-5,7-10,12-19,25,30,38-40,42,52H,6,11,20-24,26-29H2,1H3,(H,48,53). The van der Waals surface area contributed by atoms with Crippen LogP contribution in [0.25, 0.3) is 11.1 Å². The molecule has 2 amide bonds. The minimum atomic E-state index is -5.02. The van der Waals surface area contributed by atoms with Gasteiger partial charge in [-0.2, -0.15) is 13.2 Å². The summed E-state index contributed by atoms with van der Waals surface area (Å²) in [4.78, 5) is 30.3. The lowest BCUT2D eigenvalue weighted by Gasteiger charge is -2.44. The first-order valence-electron chi connectivity index (χ1n) is 19.4. The number of amides is 2. The second-order valence-electron chi connectivity index (χ2n) is 15.1. The molecule has 0 aliphatic carbocycles. The molecule has 12 heteroatoms. The van der Waals surface area contributed by atoms with Crippen molar-refractivity contribution in [1.29, 1.82) is 0 Å². The molecule has 4 aromatic rings. The molecule has 0 saturated carbocycles. The third kappa shape index (κ3) is 9.50. The average Bonchev–Trinajstić information content (AvgIpc) is 3.72. The predicted molar refractivity (Wildman–Crippen MR) is 206 cm³/mol. The van der Waals surface area contributed by atoms with E-state index < -0.39 is 30.3 Å². The predicted octanol–water partition coefficient (Wildman–Crippen LogP) is 6.62. The maximum Gasteiger partial charge on any atom is 0.471 e. The SMILES string of the molecule is CC1C(CN2CCN(Cc3ccccc3)CC2)OC(c2ccc(-c3cccc(CNC(=O)C4CCCN4C(=O)C(F)(F)F)c3)cc2)OC1c1ccc(CO)cc1. The molecule has 0 radical (unpaired) electrons. The molecule has 0 spiro atoms. The molecule has 3 heterocycles. The highest BCUT2D eigenvalue weighted by Crippen LogP contribution is 2.42. The van der Waals surface area contributed by atoms with Crippen LogP contribution in [-0.2, 0) is 38.8 Å². The van der Waals surface area contributed by atoms with Crippen LogP contribution in [0.4, 0.5) is 13.2 Å². The van der Waals surface area contributed by atoms with Crippen molar-refractivity contribution >= 4 is 11.8 Å². The summed E-state index contributed by atoms with van der Waals surface area (Å²) >= 11 is 0. The maximum absolute atomic E-state index is 13.1. The highest BCUT2D eigenvalue weighted by molar-refractivity contribution is 5.90. The van der Waals surface area contributed by atoms with Gasteiger partial charge in [0, 0.05) is 63.8 Å². The summed E-state index contributed by atoms with van der Waals surface area (Å²) in [6, 6.07) is 33.0. The van der Waals surface area contributed by atoms with Gasteiger partial charge in [-0.25, -0.2) is 0 Å². The normalized spacial score (nSPS) is 23.6. The fraction of sp³-hybridized carbons (Fsp3) is 0.409. The van der Waals surface area contributed by atoms with E-state index in [1.807, 2.05) is 78.9 Å². The Morgan fingerprint density at radius 1 is 0.768 bits per heavy atom. The zero-order valence-corrected chi connectivity index (χ0v) is 31.5. The number of nitrogens with zero attached hydrogens (tertiary/aromatic N) is 3. The molecule has 296 valence electrons. The fourth-order valence-electron chi connectivity index (χ4n) is 8.00. The molecule has 5 unspecified atom stereocenters. The highest BCUT2D eigenvalue weighted by Gasteiger charge is 2.47. The monoisotopic (exact) mass is 770 g/mol. The van der Waals surface area contributed by atoms with E-state index in [1.54, 1.807) is 0 Å². The molecule has 0 bridgehead atoms. The molecule has 5 atom stereocenters. The molecule has 3 saturated heterocycles. The largest absolute Gasteiger partial charge is 0.471 e. The van der Waals surface area contributed by atoms with Gasteiger partial charge in [-0.1, -0.05) is 104 Å². The van der Waals surface area contributed by atoms with Gasteiger partial charge in [-0.15, -0.1) is 0 Å². The minimum absolute atomic E-state index is 0.0252. The Bertz CT molecular complexity index is 1920. The number of ether oxygens (including phenoxy) is 2. The van der Waals surface area contributed by atoms with Crippen LogP contribution in [0.3, 0.4) is 0 Å². The van der Waals surface area contributed by atoms with E-state index in [-0.39, 0.29) is 44.2 Å². The van der Waals surface area contributed by atoms with Crippen molar-refractivity contribution in [3.05, 3.63) is 131 Å². The summed E-state index contributed by atoms with van der Waals surface area (Å²) in [6.45, 7) is 7.78. The van der Waals surface area contributed by atoms with Crippen LogP contribution in [0.15, 0.2) is 103 Å². The van der Waals surface area contributed by atoms with Crippen molar-refractivity contribution in [3.8, 4) is 11.1 Å². The molecule has 7 rings (SSSR count). The van der Waals surface area contributed by atoms with E-state index in [2.05, 4.69) is 46.3 Å². The number of piperazine rings is 1. The number of halogens is 3. The van der Waals surface area contributed by atoms with Crippen LogP contribution in [0, 0.1) is 5.92 Å². The van der Waals surface area contributed by atoms with Gasteiger partial charge in [0.15, 0.2) is 6.29 Å². The van der Waals surface area contributed by atoms with E-state index >= 15 is 0 Å². The van der Waals surface area contributed by atoms with Gasteiger partial charge in [0.25, 0.3) is 0 Å². The van der Waals surface area contributed by atoms with Crippen LogP contribution < -0.4 is 5.32 Å². The van der Waals surface area contributed by atoms with Crippen molar-refractivity contribution in [2.75, 3.05) is 39.3 Å². The number of carbonyl (C=O) groups excluding carboxylic acids is 2. The molecule has 56 heavy (non-hydrogen) atoms. The first-order valence-corrected chi connectivity index (χ1v) is 19.4. The summed E-state index contributed by atoms with van der Waals surface area (Å²) < 4.78 is 52.7. The van der Waals surface area contributed by atoms with Gasteiger partial charge in [0.05, 0.1) is 18.8 Å². The van der Waals surface area contributed by atoms with E-state index in [0.29, 0.717) is 11.3 Å². The molecular formula is C44H49F3N4O5. The Hall–Kier alpha value is -4.59. The second-order valence-corrected chi connectivity index (χ2v) is 15.1. The van der Waals surface area contributed by atoms with Gasteiger partial charge < -0.3 is 24.8 Å². The maximum atomic E-state index is 13.1. The van der Waals surface area contributed by atoms with Gasteiger partial charge in [0.2, 0.25) is 5.91 Å². The lowest BCUT2D eigenvalue weighted by molar-refractivity contribution is -0.276. The fourth-order valence-corrected chi connectivity index (χ4v) is 8.00. The number of aliphatic hydroxyl groups is 1. The number of likely N-dealkylation sites (tertiary alicyclic amines) is 1. The van der Waals surface area contributed by atoms with Crippen molar-refractivity contribution in [1.82, 2.24) is 20.0 Å². The number of hydrogen-bond acceptors (Lipinski definition) is 7. The molecule has 3 aliphatic rings. The van der Waals surface area contributed by atoms with Crippen molar-refractivity contribution in [2.24, 2.45) is 5.92 Å². The van der Waals surface area contributed by atoms with Crippen LogP contribution in [-0.4, -0.2) is 89.2 Å². The smallest absolute Gasteiger partial charge is 0.392 e. The average molecular weight is 771 g/mol. The van der Waals surface area contributed by atoms with E-state index in [0.717, 1.165) is 72.6 Å². The Labute approximate surface area is 326 Å². The Balaban J connectivity index is 1.01. The Morgan fingerprint density at radius 2 is 1.45 bits per heavy atom. The number of carbonyl (C=O) groups is 2. The van der Waals surface area contributed by atoms with Crippen LogP contribution in [0.1, 0.15) is 60.0 Å². The first kappa shape index (κ1) is 39.6. The zero-order chi connectivity index (χ0) is 39.2. The third-order valence-electron chi connectivity index (χ3n) is 11.2. The number of rotatable bonds is 11. The van der Waals surface area contributed by atoms with Gasteiger partial charge >= 0.3 is 12.1 Å². The molecule has 9 nitrogen and oxygen atoms in total. The van der Waals surface area contributed by atoms with Gasteiger partial charge in [0.1, 0.15) is 6.04 Å². The number of aliphatic hydroxyl groups excluding tert-OH is 1. The summed E-state index contributed by atoms with van der Waals surface area (Å²) in [5.74, 6) is -2.50. The molecule has 3 aliphatic heterocycles. The van der Waals surface area contributed by atoms with Crippen molar-refractivity contribution < 1.29 is 37.3 Å². The Kier molecular flexibility index (Phi) is 12.5. The van der Waals surface area contributed by atoms with E-state index in [9.17, 15) is 27.9 Å². The highest BCUT2D eigenvalue weighted by atomic mass is 19.4. The summed E-state index contributed by atoms with van der Waals surface area (Å²) in [7, 11) is 0. The van der Waals surface area contributed by atoms with Crippen molar-refractivity contribution in [3.63, 3.8) is 0 Å². The number of hydrogen-bond donors (Lipinski definition) is 2. The molecular weight excluding hydrogens is 722 g/mol. The number of benzene rings is 4. The second kappa shape index (κ2) is 17.7. The zero-order valence-electron chi connectivity index (χ0n) is 31.5. The first-order chi connectivity index (χ1) is 27.1. The molecule has 2 N–H and O–H groups in total. The lowest BCUT2D eigenvalue weighted by atomic mass is 9.89. The van der Waals surface area contributed by atoms with Gasteiger partial charge in [-0.05, 0) is 52.3 Å². The number of alkyl halides is 3. The van der Waals surface area contributed by atoms with E-state index in [4.69, 9.17) is 9.47 Å². The van der Waals surface area contributed by atoms with Crippen LogP contribution >= 0.6 is 0 Å². The molecule has 0 aromatic heterocycles. The van der Waals surface area contributed by atoms with Crippen LogP contribution in [0.5, 0.6) is 0 Å². The van der Waals surface area contributed by atoms with Gasteiger partial charge in [-0.3, -0.25) is 19.4 Å². The summed E-state index contributed by atoms with van der Waals surface area (Å²) in [5.41, 5.74) is 6.70. The minimum Gasteiger partial charge on any atom is -0.392 e. The van der Waals surface area contributed by atoms with Crippen LogP contribution in [0.2, 0.25) is 0 Å².